The first-order valence-electron chi connectivity index (χ1n) is 5.46. The fourth-order valence-corrected chi connectivity index (χ4v) is 1.46. The number of amides is 2. The number of urea groups is 1. The highest BCUT2D eigenvalue weighted by Gasteiger charge is 2.36. The van der Waals surface area contributed by atoms with Gasteiger partial charge in [0.2, 0.25) is 0 Å². The van der Waals surface area contributed by atoms with Crippen LogP contribution in [-0.2, 0) is 4.79 Å². The van der Waals surface area contributed by atoms with E-state index in [9.17, 15) is 9.59 Å². The molecule has 18 heavy (non-hydrogen) atoms. The van der Waals surface area contributed by atoms with Crippen LogP contribution in [0.5, 0.6) is 0 Å². The van der Waals surface area contributed by atoms with Gasteiger partial charge >= 0.3 is 12.0 Å². The van der Waals surface area contributed by atoms with Crippen LogP contribution >= 0.6 is 0 Å². The van der Waals surface area contributed by atoms with E-state index in [0.29, 0.717) is 5.69 Å². The second-order valence-electron chi connectivity index (χ2n) is 4.17. The van der Waals surface area contributed by atoms with Gasteiger partial charge in [-0.2, -0.15) is 0 Å². The molecule has 0 aromatic carbocycles. The Labute approximate surface area is 105 Å². The van der Waals surface area contributed by atoms with E-state index in [1.54, 1.807) is 6.92 Å². The minimum Gasteiger partial charge on any atom is -0.480 e. The van der Waals surface area contributed by atoms with E-state index in [-0.39, 0.29) is 6.54 Å². The molecule has 1 aromatic rings. The molecule has 0 bridgehead atoms. The molecule has 0 aliphatic heterocycles. The van der Waals surface area contributed by atoms with Crippen molar-refractivity contribution in [2.75, 3.05) is 11.9 Å². The van der Waals surface area contributed by atoms with Crippen LogP contribution in [0, 0.1) is 0 Å². The fourth-order valence-electron chi connectivity index (χ4n) is 1.46. The van der Waals surface area contributed by atoms with Crippen LogP contribution in [0.1, 0.15) is 20.8 Å². The van der Waals surface area contributed by atoms with Gasteiger partial charge in [0.15, 0.2) is 0 Å². The van der Waals surface area contributed by atoms with Crippen molar-refractivity contribution >= 4 is 17.7 Å². The summed E-state index contributed by atoms with van der Waals surface area (Å²) in [5, 5.41) is 11.7. The maximum absolute atomic E-state index is 12.0. The zero-order valence-corrected chi connectivity index (χ0v) is 10.5. The average Bonchev–Trinajstić information content (AvgIpc) is 2.30. The molecule has 2 N–H and O–H groups in total. The first-order valence-corrected chi connectivity index (χ1v) is 5.46. The molecular formula is C11H16N4O3. The number of rotatable bonds is 4. The van der Waals surface area contributed by atoms with Crippen molar-refractivity contribution in [1.82, 2.24) is 14.9 Å². The minimum absolute atomic E-state index is 0.277. The Morgan fingerprint density at radius 2 is 1.94 bits per heavy atom. The molecule has 0 spiro atoms. The van der Waals surface area contributed by atoms with E-state index in [1.807, 2.05) is 0 Å². The largest absolute Gasteiger partial charge is 0.480 e. The summed E-state index contributed by atoms with van der Waals surface area (Å²) in [6, 6.07) is -0.500. The summed E-state index contributed by atoms with van der Waals surface area (Å²) in [6.07, 6.45) is 4.22. The van der Waals surface area contributed by atoms with Gasteiger partial charge in [0, 0.05) is 6.54 Å². The van der Waals surface area contributed by atoms with Crippen LogP contribution < -0.4 is 5.32 Å². The van der Waals surface area contributed by atoms with Crippen molar-refractivity contribution in [3.8, 4) is 0 Å². The minimum atomic E-state index is -1.28. The number of likely N-dealkylation sites (N-methyl/N-ethyl adjacent to an activating group) is 1. The van der Waals surface area contributed by atoms with Gasteiger partial charge in [-0.1, -0.05) is 0 Å². The van der Waals surface area contributed by atoms with Crippen molar-refractivity contribution in [3.63, 3.8) is 0 Å². The number of aromatic nitrogens is 2. The number of anilines is 1. The highest BCUT2D eigenvalue weighted by molar-refractivity contribution is 5.93. The van der Waals surface area contributed by atoms with Crippen molar-refractivity contribution in [3.05, 3.63) is 18.7 Å². The predicted octanol–water partition coefficient (Wildman–Crippen LogP) is 1.19. The number of hydrogen-bond donors (Lipinski definition) is 2. The molecule has 0 aliphatic carbocycles. The van der Waals surface area contributed by atoms with Crippen LogP contribution in [0.4, 0.5) is 10.5 Å². The topological polar surface area (TPSA) is 95.4 Å². The maximum atomic E-state index is 12.0. The number of hydrogen-bond acceptors (Lipinski definition) is 4. The summed E-state index contributed by atoms with van der Waals surface area (Å²) in [7, 11) is 0. The smallest absolute Gasteiger partial charge is 0.329 e. The molecule has 98 valence electrons. The molecule has 0 atom stereocenters. The molecular weight excluding hydrogens is 236 g/mol. The lowest BCUT2D eigenvalue weighted by Crippen LogP contribution is -2.54. The van der Waals surface area contributed by atoms with Crippen LogP contribution in [-0.4, -0.2) is 44.1 Å². The molecule has 0 saturated carbocycles. The summed E-state index contributed by atoms with van der Waals surface area (Å²) >= 11 is 0. The number of carbonyl (C=O) groups is 2. The predicted molar refractivity (Wildman–Crippen MR) is 65.1 cm³/mol. The Bertz CT molecular complexity index is 433. The molecule has 1 heterocycles. The maximum Gasteiger partial charge on any atom is 0.329 e. The normalized spacial score (nSPS) is 10.8. The molecule has 0 unspecified atom stereocenters. The molecule has 0 radical (unpaired) electrons. The standard InChI is InChI=1S/C11H16N4O3/c1-4-15(11(2,3)9(16)17)10(18)14-8-5-12-7-13-6-8/h5-7H,4H2,1-3H3,(H,14,18)(H,16,17). The Hall–Kier alpha value is -2.18. The third kappa shape index (κ3) is 2.93. The number of nitrogens with zero attached hydrogens (tertiary/aromatic N) is 3. The molecule has 2 amide bonds. The Balaban J connectivity index is 2.84. The van der Waals surface area contributed by atoms with Gasteiger partial charge in [-0.25, -0.2) is 19.6 Å². The Morgan fingerprint density at radius 1 is 1.39 bits per heavy atom. The van der Waals surface area contributed by atoms with Gasteiger partial charge in [0.25, 0.3) is 0 Å². The summed E-state index contributed by atoms with van der Waals surface area (Å²) < 4.78 is 0. The summed E-state index contributed by atoms with van der Waals surface area (Å²) in [6.45, 7) is 4.93. The third-order valence-electron chi connectivity index (χ3n) is 2.57. The zero-order valence-electron chi connectivity index (χ0n) is 10.5. The second kappa shape index (κ2) is 5.44. The van der Waals surface area contributed by atoms with E-state index in [2.05, 4.69) is 15.3 Å². The third-order valence-corrected chi connectivity index (χ3v) is 2.57. The van der Waals surface area contributed by atoms with Gasteiger partial charge in [0.1, 0.15) is 11.9 Å². The molecule has 1 aromatic heterocycles. The number of nitrogens with one attached hydrogen (secondary N) is 1. The van der Waals surface area contributed by atoms with Crippen molar-refractivity contribution in [2.24, 2.45) is 0 Å². The molecule has 0 fully saturated rings. The quantitative estimate of drug-likeness (QED) is 0.839. The molecule has 7 heteroatoms. The molecule has 0 aliphatic rings. The van der Waals surface area contributed by atoms with Crippen LogP contribution in [0.15, 0.2) is 18.7 Å². The van der Waals surface area contributed by atoms with Crippen LogP contribution in [0.2, 0.25) is 0 Å². The van der Waals surface area contributed by atoms with Gasteiger partial charge in [-0.3, -0.25) is 0 Å². The van der Waals surface area contributed by atoms with Gasteiger partial charge < -0.3 is 15.3 Å². The summed E-state index contributed by atoms with van der Waals surface area (Å²) in [5.74, 6) is -1.07. The lowest BCUT2D eigenvalue weighted by molar-refractivity contribution is -0.147. The highest BCUT2D eigenvalue weighted by atomic mass is 16.4. The fraction of sp³-hybridized carbons (Fsp3) is 0.455. The lowest BCUT2D eigenvalue weighted by atomic mass is 10.0. The monoisotopic (exact) mass is 252 g/mol. The lowest BCUT2D eigenvalue weighted by Gasteiger charge is -2.34. The SMILES string of the molecule is CCN(C(=O)Nc1cncnc1)C(C)(C)C(=O)O. The molecule has 0 saturated heterocycles. The Morgan fingerprint density at radius 3 is 2.39 bits per heavy atom. The van der Waals surface area contributed by atoms with Crippen LogP contribution in [0.3, 0.4) is 0 Å². The van der Waals surface area contributed by atoms with Gasteiger partial charge in [0.05, 0.1) is 18.1 Å². The van der Waals surface area contributed by atoms with E-state index in [1.165, 1.54) is 37.5 Å². The van der Waals surface area contributed by atoms with Gasteiger partial charge in [-0.15, -0.1) is 0 Å². The number of aliphatic carboxylic acids is 1. The summed E-state index contributed by atoms with van der Waals surface area (Å²) in [4.78, 5) is 31.9. The van der Waals surface area contributed by atoms with E-state index < -0.39 is 17.5 Å². The van der Waals surface area contributed by atoms with Gasteiger partial charge in [-0.05, 0) is 20.8 Å². The van der Waals surface area contributed by atoms with Crippen molar-refractivity contribution < 1.29 is 14.7 Å². The number of carboxylic acids is 1. The highest BCUT2D eigenvalue weighted by Crippen LogP contribution is 2.16. The van der Waals surface area contributed by atoms with Crippen molar-refractivity contribution in [1.29, 1.82) is 0 Å². The van der Waals surface area contributed by atoms with Crippen molar-refractivity contribution in [2.45, 2.75) is 26.3 Å². The summed E-state index contributed by atoms with van der Waals surface area (Å²) in [5.41, 5.74) is -0.865. The van der Waals surface area contributed by atoms with E-state index >= 15 is 0 Å². The van der Waals surface area contributed by atoms with E-state index in [0.717, 1.165) is 0 Å². The first-order chi connectivity index (χ1) is 8.39. The zero-order chi connectivity index (χ0) is 13.8. The Kier molecular flexibility index (Phi) is 4.19. The average molecular weight is 252 g/mol. The number of carboxylic acid groups (broad SMARTS) is 1. The molecule has 7 nitrogen and oxygen atoms in total. The second-order valence-corrected chi connectivity index (χ2v) is 4.17. The number of carbonyl (C=O) groups excluding carboxylic acids is 1. The van der Waals surface area contributed by atoms with E-state index in [4.69, 9.17) is 5.11 Å². The first kappa shape index (κ1) is 13.9. The van der Waals surface area contributed by atoms with Crippen LogP contribution in [0.25, 0.3) is 0 Å². The molecule has 1 rings (SSSR count).